The van der Waals surface area contributed by atoms with E-state index >= 15 is 0 Å². The molecule has 0 bridgehead atoms. The summed E-state index contributed by atoms with van der Waals surface area (Å²) in [7, 11) is 0. The molecule has 4 nitrogen and oxygen atoms in total. The minimum absolute atomic E-state index is 0.375. The number of hydrogen-bond acceptors (Lipinski definition) is 2. The zero-order chi connectivity index (χ0) is 13.9. The van der Waals surface area contributed by atoms with Gasteiger partial charge in [0.05, 0.1) is 5.69 Å². The molecular formula is C16H25N3O. The van der Waals surface area contributed by atoms with E-state index in [9.17, 15) is 4.79 Å². The molecule has 1 aromatic heterocycles. The molecule has 0 aromatic carbocycles. The lowest BCUT2D eigenvalue weighted by Crippen LogP contribution is -2.23. The first-order valence-electron chi connectivity index (χ1n) is 8.14. The molecule has 0 unspecified atom stereocenters. The molecule has 0 radical (unpaired) electrons. The minimum Gasteiger partial charge on any atom is -0.351 e. The molecule has 0 atom stereocenters. The maximum absolute atomic E-state index is 11.7. The molecular weight excluding hydrogens is 250 g/mol. The molecule has 20 heavy (non-hydrogen) atoms. The molecule has 0 spiro atoms. The van der Waals surface area contributed by atoms with Gasteiger partial charge >= 0.3 is 6.03 Å². The van der Waals surface area contributed by atoms with E-state index < -0.39 is 0 Å². The van der Waals surface area contributed by atoms with Gasteiger partial charge in [0.15, 0.2) is 0 Å². The third-order valence-corrected chi connectivity index (χ3v) is 4.98. The van der Waals surface area contributed by atoms with Crippen molar-refractivity contribution in [2.24, 2.45) is 5.73 Å². The molecule has 2 aliphatic rings. The second kappa shape index (κ2) is 5.98. The number of nitrogens with zero attached hydrogens (tertiary/aromatic N) is 2. The topological polar surface area (TPSA) is 60.9 Å². The van der Waals surface area contributed by atoms with E-state index in [2.05, 4.69) is 0 Å². The van der Waals surface area contributed by atoms with Crippen LogP contribution >= 0.6 is 0 Å². The summed E-state index contributed by atoms with van der Waals surface area (Å²) in [6.45, 7) is 0. The molecule has 1 aromatic rings. The second-order valence-electron chi connectivity index (χ2n) is 6.40. The highest BCUT2D eigenvalue weighted by molar-refractivity contribution is 5.75. The maximum Gasteiger partial charge on any atom is 0.324 e. The van der Waals surface area contributed by atoms with Crippen LogP contribution in [0.25, 0.3) is 0 Å². The number of imidazole rings is 1. The summed E-state index contributed by atoms with van der Waals surface area (Å²) in [4.78, 5) is 16.5. The van der Waals surface area contributed by atoms with Gasteiger partial charge in [-0.2, -0.15) is 0 Å². The number of carbonyl (C=O) groups excluding carboxylic acids is 1. The minimum atomic E-state index is -0.375. The van der Waals surface area contributed by atoms with Crippen LogP contribution < -0.4 is 5.73 Å². The molecule has 2 aliphatic carbocycles. The highest BCUT2D eigenvalue weighted by Crippen LogP contribution is 2.36. The SMILES string of the molecule is NC(=O)n1cc(C2CCCCC2)nc1C1CCCCC1. The van der Waals surface area contributed by atoms with Crippen molar-refractivity contribution in [3.8, 4) is 0 Å². The molecule has 3 rings (SSSR count). The van der Waals surface area contributed by atoms with Crippen LogP contribution in [0.15, 0.2) is 6.20 Å². The quantitative estimate of drug-likeness (QED) is 0.889. The molecule has 1 amide bonds. The summed E-state index contributed by atoms with van der Waals surface area (Å²) in [5.74, 6) is 1.89. The second-order valence-corrected chi connectivity index (χ2v) is 6.40. The highest BCUT2D eigenvalue weighted by Gasteiger charge is 2.26. The average Bonchev–Trinajstić information content (AvgIpc) is 2.94. The van der Waals surface area contributed by atoms with Gasteiger partial charge < -0.3 is 5.73 Å². The van der Waals surface area contributed by atoms with Gasteiger partial charge in [0, 0.05) is 18.0 Å². The van der Waals surface area contributed by atoms with Gasteiger partial charge in [-0.3, -0.25) is 4.57 Å². The molecule has 0 saturated heterocycles. The third kappa shape index (κ3) is 2.74. The zero-order valence-corrected chi connectivity index (χ0v) is 12.2. The summed E-state index contributed by atoms with van der Waals surface area (Å²) < 4.78 is 1.62. The van der Waals surface area contributed by atoms with Gasteiger partial charge in [-0.05, 0) is 25.7 Å². The third-order valence-electron chi connectivity index (χ3n) is 4.98. The van der Waals surface area contributed by atoms with Gasteiger partial charge in [0.25, 0.3) is 0 Å². The average molecular weight is 275 g/mol. The molecule has 1 heterocycles. The van der Waals surface area contributed by atoms with Crippen molar-refractivity contribution in [3.63, 3.8) is 0 Å². The Labute approximate surface area is 120 Å². The van der Waals surface area contributed by atoms with E-state index in [0.717, 1.165) is 24.4 Å². The van der Waals surface area contributed by atoms with Crippen molar-refractivity contribution < 1.29 is 4.79 Å². The van der Waals surface area contributed by atoms with Gasteiger partial charge in [0.2, 0.25) is 0 Å². The lowest BCUT2D eigenvalue weighted by atomic mass is 9.87. The number of aromatic nitrogens is 2. The van der Waals surface area contributed by atoms with E-state index in [1.54, 1.807) is 4.57 Å². The van der Waals surface area contributed by atoms with Crippen molar-refractivity contribution in [3.05, 3.63) is 17.7 Å². The van der Waals surface area contributed by atoms with Crippen molar-refractivity contribution >= 4 is 6.03 Å². The fraction of sp³-hybridized carbons (Fsp3) is 0.750. The lowest BCUT2D eigenvalue weighted by Gasteiger charge is -2.21. The summed E-state index contributed by atoms with van der Waals surface area (Å²) in [5, 5.41) is 0. The summed E-state index contributed by atoms with van der Waals surface area (Å²) in [6.07, 6.45) is 14.3. The summed E-state index contributed by atoms with van der Waals surface area (Å²) in [5.41, 5.74) is 6.65. The van der Waals surface area contributed by atoms with Crippen LogP contribution in [0.1, 0.15) is 87.6 Å². The lowest BCUT2D eigenvalue weighted by molar-refractivity contribution is 0.248. The molecule has 2 saturated carbocycles. The van der Waals surface area contributed by atoms with Crippen molar-refractivity contribution in [1.29, 1.82) is 0 Å². The van der Waals surface area contributed by atoms with Crippen LogP contribution in [-0.4, -0.2) is 15.6 Å². The Morgan fingerprint density at radius 2 is 1.55 bits per heavy atom. The van der Waals surface area contributed by atoms with Crippen molar-refractivity contribution in [2.75, 3.05) is 0 Å². The molecule has 0 aliphatic heterocycles. The Morgan fingerprint density at radius 1 is 1.00 bits per heavy atom. The first kappa shape index (κ1) is 13.7. The van der Waals surface area contributed by atoms with Crippen LogP contribution in [0, 0.1) is 0 Å². The predicted octanol–water partition coefficient (Wildman–Crippen LogP) is 3.91. The smallest absolute Gasteiger partial charge is 0.324 e. The van der Waals surface area contributed by atoms with E-state index in [0.29, 0.717) is 11.8 Å². The Bertz CT molecular complexity index is 468. The number of hydrogen-bond donors (Lipinski definition) is 1. The fourth-order valence-electron chi connectivity index (χ4n) is 3.83. The molecule has 4 heteroatoms. The van der Waals surface area contributed by atoms with Crippen LogP contribution in [0.4, 0.5) is 4.79 Å². The normalized spacial score (nSPS) is 22.0. The maximum atomic E-state index is 11.7. The van der Waals surface area contributed by atoms with Gasteiger partial charge in [-0.25, -0.2) is 9.78 Å². The first-order valence-corrected chi connectivity index (χ1v) is 8.14. The monoisotopic (exact) mass is 275 g/mol. The summed E-state index contributed by atoms with van der Waals surface area (Å²) in [6, 6.07) is -0.375. The van der Waals surface area contributed by atoms with E-state index in [1.165, 1.54) is 51.4 Å². The van der Waals surface area contributed by atoms with Crippen LogP contribution in [0.3, 0.4) is 0 Å². The Morgan fingerprint density at radius 3 is 2.10 bits per heavy atom. The Balaban J connectivity index is 1.87. The Hall–Kier alpha value is -1.32. The molecule has 2 N–H and O–H groups in total. The number of carbonyl (C=O) groups is 1. The van der Waals surface area contributed by atoms with Gasteiger partial charge in [0.1, 0.15) is 5.82 Å². The zero-order valence-electron chi connectivity index (χ0n) is 12.2. The van der Waals surface area contributed by atoms with Gasteiger partial charge in [-0.1, -0.05) is 38.5 Å². The van der Waals surface area contributed by atoms with Crippen LogP contribution in [0.5, 0.6) is 0 Å². The highest BCUT2D eigenvalue weighted by atomic mass is 16.2. The standard InChI is InChI=1S/C16H25N3O/c17-16(20)19-11-14(12-7-3-1-4-8-12)18-15(19)13-9-5-2-6-10-13/h11-13H,1-10H2,(H2,17,20). The van der Waals surface area contributed by atoms with Gasteiger partial charge in [-0.15, -0.1) is 0 Å². The summed E-state index contributed by atoms with van der Waals surface area (Å²) >= 11 is 0. The van der Waals surface area contributed by atoms with Crippen molar-refractivity contribution in [1.82, 2.24) is 9.55 Å². The van der Waals surface area contributed by atoms with Crippen LogP contribution in [0.2, 0.25) is 0 Å². The van der Waals surface area contributed by atoms with E-state index in [1.807, 2.05) is 6.20 Å². The molecule has 110 valence electrons. The number of rotatable bonds is 2. The van der Waals surface area contributed by atoms with Crippen LogP contribution in [-0.2, 0) is 0 Å². The fourth-order valence-corrected chi connectivity index (χ4v) is 3.83. The number of nitrogens with two attached hydrogens (primary N) is 1. The Kier molecular flexibility index (Phi) is 4.08. The predicted molar refractivity (Wildman–Crippen MR) is 78.9 cm³/mol. The molecule has 2 fully saturated rings. The number of primary amides is 1. The number of amides is 1. The first-order chi connectivity index (χ1) is 9.75. The largest absolute Gasteiger partial charge is 0.351 e. The van der Waals surface area contributed by atoms with E-state index in [4.69, 9.17) is 10.7 Å². The van der Waals surface area contributed by atoms with Crippen molar-refractivity contribution in [2.45, 2.75) is 76.0 Å². The van der Waals surface area contributed by atoms with E-state index in [-0.39, 0.29) is 6.03 Å².